The van der Waals surface area contributed by atoms with Crippen molar-refractivity contribution < 1.29 is 5.11 Å². The maximum atomic E-state index is 10.6. The van der Waals surface area contributed by atoms with Crippen molar-refractivity contribution >= 4 is 5.84 Å². The lowest BCUT2D eigenvalue weighted by Gasteiger charge is -2.29. The van der Waals surface area contributed by atoms with Crippen molar-refractivity contribution in [1.29, 1.82) is 5.41 Å². The molecule has 1 aromatic carbocycles. The van der Waals surface area contributed by atoms with Crippen LogP contribution < -0.4 is 5.73 Å². The van der Waals surface area contributed by atoms with Crippen LogP contribution in [0.5, 0.6) is 5.75 Å². The molecule has 3 nitrogen and oxygen atoms in total. The Morgan fingerprint density at radius 1 is 1.05 bits per heavy atom. The van der Waals surface area contributed by atoms with Crippen molar-refractivity contribution in [2.45, 2.75) is 65.2 Å². The fraction of sp³-hybridized carbons (Fsp3) is 0.588. The van der Waals surface area contributed by atoms with Crippen LogP contribution in [0.4, 0.5) is 0 Å². The highest BCUT2D eigenvalue weighted by Gasteiger charge is 2.27. The van der Waals surface area contributed by atoms with Gasteiger partial charge in [-0.15, -0.1) is 0 Å². The molecule has 0 heterocycles. The number of benzene rings is 1. The first-order valence-corrected chi connectivity index (χ1v) is 7.07. The monoisotopic (exact) mass is 276 g/mol. The summed E-state index contributed by atoms with van der Waals surface area (Å²) in [6.45, 7) is 14.4. The van der Waals surface area contributed by atoms with Crippen molar-refractivity contribution in [1.82, 2.24) is 0 Å². The van der Waals surface area contributed by atoms with Crippen molar-refractivity contribution in [3.8, 4) is 5.75 Å². The minimum atomic E-state index is -0.156. The van der Waals surface area contributed by atoms with Crippen LogP contribution in [-0.2, 0) is 10.8 Å². The third kappa shape index (κ3) is 3.33. The highest BCUT2D eigenvalue weighted by Crippen LogP contribution is 2.40. The fourth-order valence-corrected chi connectivity index (χ4v) is 2.23. The van der Waals surface area contributed by atoms with Gasteiger partial charge in [-0.25, -0.2) is 0 Å². The Labute approximate surface area is 122 Å². The van der Waals surface area contributed by atoms with E-state index in [1.807, 2.05) is 19.1 Å². The Morgan fingerprint density at radius 2 is 1.40 bits per heavy atom. The van der Waals surface area contributed by atoms with Gasteiger partial charge >= 0.3 is 0 Å². The number of phenols is 1. The standard InChI is InChI=1S/C17H28N2O/c1-10(15(18)19)11-8-12(16(2,3)4)14(20)13(9-11)17(5,6)7/h8-10,20H,1-7H3,(H3,18,19). The molecular formula is C17H28N2O. The molecule has 0 aromatic heterocycles. The zero-order chi connectivity index (χ0) is 15.9. The summed E-state index contributed by atoms with van der Waals surface area (Å²) in [5.74, 6) is 0.373. The Morgan fingerprint density at radius 3 is 1.65 bits per heavy atom. The molecule has 0 saturated carbocycles. The number of nitrogens with one attached hydrogen (secondary N) is 1. The summed E-state index contributed by atoms with van der Waals surface area (Å²) in [4.78, 5) is 0. The van der Waals surface area contributed by atoms with E-state index in [-0.39, 0.29) is 22.6 Å². The van der Waals surface area contributed by atoms with Crippen LogP contribution in [0.1, 0.15) is 71.1 Å². The average molecular weight is 276 g/mol. The summed E-state index contributed by atoms with van der Waals surface area (Å²) in [7, 11) is 0. The lowest BCUT2D eigenvalue weighted by atomic mass is 9.77. The van der Waals surface area contributed by atoms with E-state index in [0.29, 0.717) is 5.75 Å². The van der Waals surface area contributed by atoms with Crippen molar-refractivity contribution in [2.75, 3.05) is 0 Å². The van der Waals surface area contributed by atoms with Crippen molar-refractivity contribution in [3.05, 3.63) is 28.8 Å². The zero-order valence-corrected chi connectivity index (χ0v) is 13.8. The minimum Gasteiger partial charge on any atom is -0.507 e. The van der Waals surface area contributed by atoms with Gasteiger partial charge in [-0.3, -0.25) is 5.41 Å². The van der Waals surface area contributed by atoms with Crippen molar-refractivity contribution in [3.63, 3.8) is 0 Å². The molecule has 0 fully saturated rings. The number of amidine groups is 1. The Bertz CT molecular complexity index is 484. The van der Waals surface area contributed by atoms with Gasteiger partial charge in [0.2, 0.25) is 0 Å². The number of phenolic OH excluding ortho intramolecular Hbond substituents is 1. The van der Waals surface area contributed by atoms with E-state index in [2.05, 4.69) is 41.5 Å². The molecule has 3 heteroatoms. The quantitative estimate of drug-likeness (QED) is 0.564. The molecular weight excluding hydrogens is 248 g/mol. The average Bonchev–Trinajstić information content (AvgIpc) is 2.24. The molecule has 0 radical (unpaired) electrons. The Hall–Kier alpha value is -1.51. The molecule has 0 saturated heterocycles. The Kier molecular flexibility index (Phi) is 4.23. The first-order chi connectivity index (χ1) is 8.85. The summed E-state index contributed by atoms with van der Waals surface area (Å²) < 4.78 is 0. The van der Waals surface area contributed by atoms with Gasteiger partial charge in [-0.2, -0.15) is 0 Å². The second kappa shape index (κ2) is 5.12. The van der Waals surface area contributed by atoms with Crippen LogP contribution in [0, 0.1) is 5.41 Å². The molecule has 0 spiro atoms. The fourth-order valence-electron chi connectivity index (χ4n) is 2.23. The van der Waals surface area contributed by atoms with E-state index >= 15 is 0 Å². The summed E-state index contributed by atoms with van der Waals surface area (Å²) in [6, 6.07) is 3.97. The largest absolute Gasteiger partial charge is 0.507 e. The van der Waals surface area contributed by atoms with E-state index in [0.717, 1.165) is 16.7 Å². The number of rotatable bonds is 2. The van der Waals surface area contributed by atoms with E-state index < -0.39 is 0 Å². The number of aromatic hydroxyl groups is 1. The van der Waals surface area contributed by atoms with E-state index in [4.69, 9.17) is 11.1 Å². The molecule has 0 aliphatic carbocycles. The number of nitrogens with two attached hydrogens (primary N) is 1. The van der Waals surface area contributed by atoms with Gasteiger partial charge < -0.3 is 10.8 Å². The van der Waals surface area contributed by atoms with E-state index in [9.17, 15) is 5.11 Å². The molecule has 1 rings (SSSR count). The van der Waals surface area contributed by atoms with Gasteiger partial charge in [-0.1, -0.05) is 60.6 Å². The second-order valence-electron chi connectivity index (χ2n) is 7.64. The van der Waals surface area contributed by atoms with Gasteiger partial charge in [0.1, 0.15) is 5.75 Å². The van der Waals surface area contributed by atoms with E-state index in [1.165, 1.54) is 0 Å². The van der Waals surface area contributed by atoms with Gasteiger partial charge in [0.15, 0.2) is 0 Å². The van der Waals surface area contributed by atoms with Crippen LogP contribution in [0.2, 0.25) is 0 Å². The van der Waals surface area contributed by atoms with Crippen LogP contribution >= 0.6 is 0 Å². The van der Waals surface area contributed by atoms with Crippen molar-refractivity contribution in [2.24, 2.45) is 5.73 Å². The number of hydrogen-bond donors (Lipinski definition) is 3. The van der Waals surface area contributed by atoms with Crippen LogP contribution in [0.25, 0.3) is 0 Å². The van der Waals surface area contributed by atoms with Crippen LogP contribution in [0.3, 0.4) is 0 Å². The molecule has 112 valence electrons. The number of hydrogen-bond acceptors (Lipinski definition) is 2. The summed E-state index contributed by atoms with van der Waals surface area (Å²) in [6.07, 6.45) is 0. The molecule has 1 atom stereocenters. The maximum absolute atomic E-state index is 10.6. The minimum absolute atomic E-state index is 0.141. The summed E-state index contributed by atoms with van der Waals surface area (Å²) in [5.41, 5.74) is 8.14. The smallest absolute Gasteiger partial charge is 0.123 e. The maximum Gasteiger partial charge on any atom is 0.123 e. The highest BCUT2D eigenvalue weighted by atomic mass is 16.3. The zero-order valence-electron chi connectivity index (χ0n) is 13.8. The molecule has 20 heavy (non-hydrogen) atoms. The predicted molar refractivity (Wildman–Crippen MR) is 85.8 cm³/mol. The first kappa shape index (κ1) is 16.5. The predicted octanol–water partition coefficient (Wildman–Crippen LogP) is 4.03. The molecule has 0 amide bonds. The van der Waals surface area contributed by atoms with Gasteiger partial charge in [0.25, 0.3) is 0 Å². The van der Waals surface area contributed by atoms with Crippen LogP contribution in [0.15, 0.2) is 12.1 Å². The highest BCUT2D eigenvalue weighted by molar-refractivity contribution is 5.84. The summed E-state index contributed by atoms with van der Waals surface area (Å²) in [5, 5.41) is 18.3. The normalized spacial score (nSPS) is 14.2. The van der Waals surface area contributed by atoms with Gasteiger partial charge in [0.05, 0.1) is 5.84 Å². The lowest BCUT2D eigenvalue weighted by molar-refractivity contribution is 0.422. The molecule has 1 aromatic rings. The lowest BCUT2D eigenvalue weighted by Crippen LogP contribution is -2.22. The second-order valence-corrected chi connectivity index (χ2v) is 7.64. The Balaban J connectivity index is 3.63. The van der Waals surface area contributed by atoms with Gasteiger partial charge in [-0.05, 0) is 27.5 Å². The molecule has 0 bridgehead atoms. The molecule has 1 unspecified atom stereocenters. The van der Waals surface area contributed by atoms with Gasteiger partial charge in [0, 0.05) is 5.92 Å². The summed E-state index contributed by atoms with van der Waals surface area (Å²) >= 11 is 0. The first-order valence-electron chi connectivity index (χ1n) is 7.07. The topological polar surface area (TPSA) is 70.1 Å². The third-order valence-corrected chi connectivity index (χ3v) is 3.71. The van der Waals surface area contributed by atoms with E-state index in [1.54, 1.807) is 0 Å². The molecule has 4 N–H and O–H groups in total. The molecule has 0 aliphatic heterocycles. The van der Waals surface area contributed by atoms with Crippen LogP contribution in [-0.4, -0.2) is 10.9 Å². The molecule has 0 aliphatic rings. The SMILES string of the molecule is CC(C(=N)N)c1cc(C(C)(C)C)c(O)c(C(C)(C)C)c1. The third-order valence-electron chi connectivity index (χ3n) is 3.71.